The molecule has 2 N–H and O–H groups in total. The predicted molar refractivity (Wildman–Crippen MR) is 115 cm³/mol. The first-order valence-corrected chi connectivity index (χ1v) is 9.60. The van der Waals surface area contributed by atoms with E-state index in [9.17, 15) is 4.39 Å². The van der Waals surface area contributed by atoms with E-state index in [-0.39, 0.29) is 5.82 Å². The molecule has 0 aliphatic carbocycles. The lowest BCUT2D eigenvalue weighted by atomic mass is 10.1. The zero-order chi connectivity index (χ0) is 20.5. The molecule has 0 saturated carbocycles. The minimum atomic E-state index is -0.295. The van der Waals surface area contributed by atoms with Crippen molar-refractivity contribution in [2.45, 2.75) is 6.54 Å². The second-order valence-electron chi connectivity index (χ2n) is 7.03. The Morgan fingerprint density at radius 2 is 1.97 bits per heavy atom. The molecule has 0 radical (unpaired) electrons. The summed E-state index contributed by atoms with van der Waals surface area (Å²) in [5.41, 5.74) is 4.74. The molecular weight excluding hydrogens is 379 g/mol. The molecule has 0 spiro atoms. The Labute approximate surface area is 172 Å². The van der Waals surface area contributed by atoms with Crippen molar-refractivity contribution >= 4 is 16.6 Å². The number of fused-ring (bicyclic) bond motifs is 1. The number of hydrogen-bond acceptors (Lipinski definition) is 4. The van der Waals surface area contributed by atoms with E-state index >= 15 is 0 Å². The monoisotopic (exact) mass is 398 g/mol. The van der Waals surface area contributed by atoms with E-state index in [1.807, 2.05) is 43.6 Å². The van der Waals surface area contributed by atoms with Crippen molar-refractivity contribution in [2.24, 2.45) is 7.05 Å². The molecule has 6 nitrogen and oxygen atoms in total. The van der Waals surface area contributed by atoms with Crippen molar-refractivity contribution in [3.8, 4) is 22.6 Å². The molecule has 2 aromatic carbocycles. The summed E-state index contributed by atoms with van der Waals surface area (Å²) >= 11 is 0. The van der Waals surface area contributed by atoms with Gasteiger partial charge in [-0.25, -0.2) is 9.37 Å². The van der Waals surface area contributed by atoms with E-state index in [1.54, 1.807) is 29.1 Å². The van der Waals surface area contributed by atoms with Gasteiger partial charge in [-0.2, -0.15) is 5.10 Å². The Balaban J connectivity index is 1.55. The van der Waals surface area contributed by atoms with Crippen molar-refractivity contribution in [3.63, 3.8) is 0 Å². The summed E-state index contributed by atoms with van der Waals surface area (Å²) in [4.78, 5) is 12.6. The van der Waals surface area contributed by atoms with Crippen LogP contribution >= 0.6 is 0 Å². The van der Waals surface area contributed by atoms with Crippen LogP contribution in [0.4, 0.5) is 10.1 Å². The number of anilines is 1. The van der Waals surface area contributed by atoms with Crippen LogP contribution in [-0.4, -0.2) is 24.7 Å². The van der Waals surface area contributed by atoms with Gasteiger partial charge in [0.1, 0.15) is 17.3 Å². The van der Waals surface area contributed by atoms with Crippen LogP contribution in [0.1, 0.15) is 5.82 Å². The van der Waals surface area contributed by atoms with Crippen LogP contribution in [0, 0.1) is 5.82 Å². The van der Waals surface area contributed by atoms with Crippen LogP contribution < -0.4 is 5.32 Å². The summed E-state index contributed by atoms with van der Waals surface area (Å²) in [6, 6.07) is 18.5. The number of aromatic nitrogens is 5. The highest BCUT2D eigenvalue weighted by molar-refractivity contribution is 5.86. The van der Waals surface area contributed by atoms with Crippen molar-refractivity contribution in [3.05, 3.63) is 84.7 Å². The number of para-hydroxylation sites is 1. The third-order valence-electron chi connectivity index (χ3n) is 4.92. The summed E-state index contributed by atoms with van der Waals surface area (Å²) in [6.45, 7) is 0.357. The Hall–Kier alpha value is -4.00. The predicted octanol–water partition coefficient (Wildman–Crippen LogP) is 4.78. The highest BCUT2D eigenvalue weighted by Crippen LogP contribution is 2.31. The van der Waals surface area contributed by atoms with Crippen LogP contribution in [0.5, 0.6) is 0 Å². The summed E-state index contributed by atoms with van der Waals surface area (Å²) in [5, 5.41) is 8.67. The summed E-state index contributed by atoms with van der Waals surface area (Å²) in [5.74, 6) is 0.399. The number of aryl methyl sites for hydroxylation is 1. The molecule has 0 saturated heterocycles. The van der Waals surface area contributed by atoms with Crippen LogP contribution in [0.2, 0.25) is 0 Å². The molecule has 148 valence electrons. The minimum absolute atomic E-state index is 0.295. The van der Waals surface area contributed by atoms with Crippen LogP contribution in [0.15, 0.2) is 73.1 Å². The lowest BCUT2D eigenvalue weighted by molar-refractivity contribution is 0.630. The molecular formula is C23H19FN6. The average Bonchev–Trinajstić information content (AvgIpc) is 3.39. The largest absolute Gasteiger partial charge is 0.375 e. The summed E-state index contributed by atoms with van der Waals surface area (Å²) < 4.78 is 15.7. The van der Waals surface area contributed by atoms with Gasteiger partial charge in [0.25, 0.3) is 0 Å². The number of nitrogens with zero attached hydrogens (tertiary/aromatic N) is 4. The molecule has 3 aromatic heterocycles. The molecule has 0 fully saturated rings. The van der Waals surface area contributed by atoms with Crippen LogP contribution in [0.3, 0.4) is 0 Å². The van der Waals surface area contributed by atoms with Crippen molar-refractivity contribution < 1.29 is 4.39 Å². The molecule has 0 aliphatic heterocycles. The highest BCUT2D eigenvalue weighted by Gasteiger charge is 2.17. The van der Waals surface area contributed by atoms with E-state index < -0.39 is 0 Å². The first kappa shape index (κ1) is 18.1. The number of benzene rings is 2. The van der Waals surface area contributed by atoms with Crippen molar-refractivity contribution in [1.29, 1.82) is 0 Å². The standard InChI is InChI=1S/C23H19FN6/c1-30-12-10-20(29-30)23-22(16-8-9-18-15(13-16)5-4-11-25-18)27-21(28-23)14-26-19-7-3-2-6-17(19)24/h2-13,26H,14H2,1H3,(H,27,28). The third-order valence-corrected chi connectivity index (χ3v) is 4.92. The number of hydrogen-bond donors (Lipinski definition) is 2. The topological polar surface area (TPSA) is 71.4 Å². The van der Waals surface area contributed by atoms with Gasteiger partial charge in [0.2, 0.25) is 0 Å². The number of pyridine rings is 1. The number of aromatic amines is 1. The second kappa shape index (κ2) is 7.44. The maximum Gasteiger partial charge on any atom is 0.146 e. The van der Waals surface area contributed by atoms with E-state index in [2.05, 4.69) is 26.4 Å². The first-order valence-electron chi connectivity index (χ1n) is 9.60. The van der Waals surface area contributed by atoms with Gasteiger partial charge in [-0.3, -0.25) is 9.67 Å². The SMILES string of the molecule is Cn1ccc(-c2[nH]c(CNc3ccccc3F)nc2-c2ccc3ncccc3c2)n1. The second-order valence-corrected chi connectivity index (χ2v) is 7.03. The minimum Gasteiger partial charge on any atom is -0.375 e. The quantitative estimate of drug-likeness (QED) is 0.447. The van der Waals surface area contributed by atoms with Crippen molar-refractivity contribution in [1.82, 2.24) is 24.7 Å². The molecule has 7 heteroatoms. The fourth-order valence-electron chi connectivity index (χ4n) is 3.46. The Bertz CT molecular complexity index is 1340. The molecule has 5 rings (SSSR count). The lowest BCUT2D eigenvalue weighted by Crippen LogP contribution is -2.02. The molecule has 3 heterocycles. The average molecular weight is 398 g/mol. The van der Waals surface area contributed by atoms with Gasteiger partial charge in [0, 0.05) is 30.4 Å². The van der Waals surface area contributed by atoms with Gasteiger partial charge in [-0.05, 0) is 36.4 Å². The van der Waals surface area contributed by atoms with Gasteiger partial charge in [-0.1, -0.05) is 24.3 Å². The van der Waals surface area contributed by atoms with Gasteiger partial charge >= 0.3 is 0 Å². The van der Waals surface area contributed by atoms with Crippen LogP contribution in [-0.2, 0) is 13.6 Å². The maximum absolute atomic E-state index is 13.9. The fraction of sp³-hybridized carbons (Fsp3) is 0.0870. The number of halogens is 1. The molecule has 30 heavy (non-hydrogen) atoms. The number of nitrogens with one attached hydrogen (secondary N) is 2. The summed E-state index contributed by atoms with van der Waals surface area (Å²) in [7, 11) is 1.88. The first-order chi connectivity index (χ1) is 14.7. The smallest absolute Gasteiger partial charge is 0.146 e. The normalized spacial score (nSPS) is 11.1. The molecule has 0 aliphatic rings. The Morgan fingerprint density at radius 3 is 2.80 bits per heavy atom. The molecule has 5 aromatic rings. The maximum atomic E-state index is 13.9. The Kier molecular flexibility index (Phi) is 4.48. The fourth-order valence-corrected chi connectivity index (χ4v) is 3.46. The number of H-pyrrole nitrogens is 1. The zero-order valence-corrected chi connectivity index (χ0v) is 16.3. The van der Waals surface area contributed by atoms with Crippen molar-refractivity contribution in [2.75, 3.05) is 5.32 Å². The third kappa shape index (κ3) is 3.41. The van der Waals surface area contributed by atoms with E-state index in [0.29, 0.717) is 18.1 Å². The zero-order valence-electron chi connectivity index (χ0n) is 16.3. The van der Waals surface area contributed by atoms with E-state index in [0.717, 1.165) is 33.5 Å². The van der Waals surface area contributed by atoms with E-state index in [1.165, 1.54) is 6.07 Å². The van der Waals surface area contributed by atoms with Gasteiger partial charge < -0.3 is 10.3 Å². The molecule has 0 unspecified atom stereocenters. The van der Waals surface area contributed by atoms with Gasteiger partial charge in [0.15, 0.2) is 0 Å². The van der Waals surface area contributed by atoms with Gasteiger partial charge in [-0.15, -0.1) is 0 Å². The van der Waals surface area contributed by atoms with E-state index in [4.69, 9.17) is 4.98 Å². The summed E-state index contributed by atoms with van der Waals surface area (Å²) in [6.07, 6.45) is 3.67. The highest BCUT2D eigenvalue weighted by atomic mass is 19.1. The molecule has 0 atom stereocenters. The lowest BCUT2D eigenvalue weighted by Gasteiger charge is -2.05. The molecule has 0 amide bonds. The Morgan fingerprint density at radius 1 is 1.07 bits per heavy atom. The number of imidazole rings is 1. The molecule has 0 bridgehead atoms. The van der Waals surface area contributed by atoms with Crippen LogP contribution in [0.25, 0.3) is 33.5 Å². The number of rotatable bonds is 5. The van der Waals surface area contributed by atoms with Gasteiger partial charge in [0.05, 0.1) is 29.1 Å².